The number of thioether (sulfide) groups is 1. The predicted molar refractivity (Wildman–Crippen MR) is 59.9 cm³/mol. The number of imide groups is 1. The molecule has 1 aromatic carbocycles. The lowest BCUT2D eigenvalue weighted by molar-refractivity contribution is 0.0684. The lowest BCUT2D eigenvalue weighted by Gasteiger charge is -2.11. The van der Waals surface area contributed by atoms with Gasteiger partial charge in [0, 0.05) is 0 Å². The highest BCUT2D eigenvalue weighted by Crippen LogP contribution is 2.23. The molecule has 0 radical (unpaired) electrons. The summed E-state index contributed by atoms with van der Waals surface area (Å²) in [7, 11) is 0. The minimum Gasteiger partial charge on any atom is -0.269 e. The molecule has 0 N–H and O–H groups in total. The first-order valence-corrected chi connectivity index (χ1v) is 5.94. The highest BCUT2D eigenvalue weighted by atomic mass is 32.2. The number of carbonyl (C=O) groups is 2. The molecule has 0 saturated carbocycles. The van der Waals surface area contributed by atoms with E-state index in [0.717, 1.165) is 5.75 Å². The maximum absolute atomic E-state index is 11.8. The van der Waals surface area contributed by atoms with Crippen LogP contribution in [0.1, 0.15) is 27.6 Å². The number of hydrogen-bond donors (Lipinski definition) is 0. The molecule has 1 aromatic rings. The van der Waals surface area contributed by atoms with Gasteiger partial charge in [-0.05, 0) is 17.9 Å². The monoisotopic (exact) mass is 221 g/mol. The van der Waals surface area contributed by atoms with Crippen molar-refractivity contribution in [1.82, 2.24) is 4.90 Å². The van der Waals surface area contributed by atoms with E-state index in [0.29, 0.717) is 17.0 Å². The average Bonchev–Trinajstić information content (AvgIpc) is 2.51. The van der Waals surface area contributed by atoms with Crippen LogP contribution in [0.25, 0.3) is 0 Å². The first kappa shape index (κ1) is 10.2. The van der Waals surface area contributed by atoms with Gasteiger partial charge < -0.3 is 0 Å². The fourth-order valence-electron chi connectivity index (χ4n) is 1.54. The molecule has 1 heterocycles. The Labute approximate surface area is 92.5 Å². The van der Waals surface area contributed by atoms with Crippen molar-refractivity contribution >= 4 is 23.6 Å². The van der Waals surface area contributed by atoms with E-state index >= 15 is 0 Å². The van der Waals surface area contributed by atoms with Crippen LogP contribution in [0.5, 0.6) is 0 Å². The molecule has 0 aromatic heterocycles. The maximum atomic E-state index is 11.8. The van der Waals surface area contributed by atoms with Gasteiger partial charge in [-0.1, -0.05) is 19.1 Å². The lowest BCUT2D eigenvalue weighted by Crippen LogP contribution is -2.29. The van der Waals surface area contributed by atoms with Crippen molar-refractivity contribution in [3.8, 4) is 0 Å². The second kappa shape index (κ2) is 4.06. The van der Waals surface area contributed by atoms with Crippen LogP contribution in [-0.4, -0.2) is 28.3 Å². The highest BCUT2D eigenvalue weighted by molar-refractivity contribution is 7.99. The van der Waals surface area contributed by atoms with Crippen molar-refractivity contribution in [2.75, 3.05) is 11.6 Å². The molecule has 0 atom stereocenters. The summed E-state index contributed by atoms with van der Waals surface area (Å²) in [5.41, 5.74) is 1.05. The molecule has 0 fully saturated rings. The van der Waals surface area contributed by atoms with Crippen LogP contribution >= 0.6 is 11.8 Å². The molecule has 1 aliphatic heterocycles. The van der Waals surface area contributed by atoms with E-state index in [1.165, 1.54) is 4.90 Å². The highest BCUT2D eigenvalue weighted by Gasteiger charge is 2.34. The summed E-state index contributed by atoms with van der Waals surface area (Å²) < 4.78 is 0. The van der Waals surface area contributed by atoms with Crippen LogP contribution in [0.3, 0.4) is 0 Å². The smallest absolute Gasteiger partial charge is 0.262 e. The zero-order valence-electron chi connectivity index (χ0n) is 8.40. The Balaban J connectivity index is 2.29. The van der Waals surface area contributed by atoms with Crippen molar-refractivity contribution in [3.05, 3.63) is 35.4 Å². The topological polar surface area (TPSA) is 37.4 Å². The van der Waals surface area contributed by atoms with Crippen molar-refractivity contribution < 1.29 is 9.59 Å². The van der Waals surface area contributed by atoms with Crippen LogP contribution in [0, 0.1) is 0 Å². The number of rotatable bonds is 3. The molecule has 0 bridgehead atoms. The van der Waals surface area contributed by atoms with Crippen LogP contribution in [-0.2, 0) is 0 Å². The van der Waals surface area contributed by atoms with Crippen LogP contribution in [0.2, 0.25) is 0 Å². The van der Waals surface area contributed by atoms with Crippen LogP contribution in [0.4, 0.5) is 0 Å². The summed E-state index contributed by atoms with van der Waals surface area (Å²) in [6.45, 7) is 2.00. The zero-order chi connectivity index (χ0) is 10.8. The number of hydrogen-bond acceptors (Lipinski definition) is 3. The lowest BCUT2D eigenvalue weighted by atomic mass is 10.1. The predicted octanol–water partition coefficient (Wildman–Crippen LogP) is 1.99. The normalized spacial score (nSPS) is 14.6. The SMILES string of the molecule is CCSCN1C(=O)c2ccccc2C1=O. The Hall–Kier alpha value is -1.29. The minimum absolute atomic E-state index is 0.170. The number of fused-ring (bicyclic) bond motifs is 1. The van der Waals surface area contributed by atoms with Crippen molar-refractivity contribution in [1.29, 1.82) is 0 Å². The molecule has 15 heavy (non-hydrogen) atoms. The fraction of sp³-hybridized carbons (Fsp3) is 0.273. The second-order valence-electron chi connectivity index (χ2n) is 3.21. The molecule has 0 aliphatic carbocycles. The third kappa shape index (κ3) is 1.65. The van der Waals surface area contributed by atoms with E-state index in [2.05, 4.69) is 0 Å². The molecular weight excluding hydrogens is 210 g/mol. The number of carbonyl (C=O) groups excluding carboxylic acids is 2. The summed E-state index contributed by atoms with van der Waals surface area (Å²) in [5, 5.41) is 0. The van der Waals surface area contributed by atoms with Crippen LogP contribution < -0.4 is 0 Å². The van der Waals surface area contributed by atoms with Gasteiger partial charge in [0.1, 0.15) is 0 Å². The van der Waals surface area contributed by atoms with E-state index in [9.17, 15) is 9.59 Å². The summed E-state index contributed by atoms with van der Waals surface area (Å²) in [6, 6.07) is 6.96. The van der Waals surface area contributed by atoms with E-state index in [-0.39, 0.29) is 11.8 Å². The molecular formula is C11H11NO2S. The fourth-order valence-corrected chi connectivity index (χ4v) is 2.14. The largest absolute Gasteiger partial charge is 0.269 e. The first-order valence-electron chi connectivity index (χ1n) is 4.78. The van der Waals surface area contributed by atoms with Gasteiger partial charge in [0.25, 0.3) is 11.8 Å². The van der Waals surface area contributed by atoms with Crippen molar-refractivity contribution in [2.45, 2.75) is 6.92 Å². The molecule has 1 aliphatic rings. The molecule has 0 saturated heterocycles. The Bertz CT molecular complexity index is 382. The molecule has 0 spiro atoms. The van der Waals surface area contributed by atoms with Crippen molar-refractivity contribution in [3.63, 3.8) is 0 Å². The number of amides is 2. The first-order chi connectivity index (χ1) is 7.25. The average molecular weight is 221 g/mol. The van der Waals surface area contributed by atoms with Gasteiger partial charge in [-0.15, -0.1) is 11.8 Å². The summed E-state index contributed by atoms with van der Waals surface area (Å²) in [4.78, 5) is 24.9. The van der Waals surface area contributed by atoms with Gasteiger partial charge in [0.2, 0.25) is 0 Å². The van der Waals surface area contributed by atoms with Gasteiger partial charge in [0.05, 0.1) is 17.0 Å². The van der Waals surface area contributed by atoms with E-state index in [4.69, 9.17) is 0 Å². The summed E-state index contributed by atoms with van der Waals surface area (Å²) in [5.74, 6) is 1.00. The zero-order valence-corrected chi connectivity index (χ0v) is 9.21. The van der Waals surface area contributed by atoms with Gasteiger partial charge in [-0.25, -0.2) is 0 Å². The van der Waals surface area contributed by atoms with E-state index in [1.54, 1.807) is 36.0 Å². The number of nitrogens with zero attached hydrogens (tertiary/aromatic N) is 1. The Morgan fingerprint density at radius 1 is 1.13 bits per heavy atom. The Kier molecular flexibility index (Phi) is 2.77. The molecule has 3 nitrogen and oxygen atoms in total. The van der Waals surface area contributed by atoms with Crippen molar-refractivity contribution in [2.24, 2.45) is 0 Å². The molecule has 2 amide bonds. The van der Waals surface area contributed by atoms with Gasteiger partial charge in [0.15, 0.2) is 0 Å². The third-order valence-corrected chi connectivity index (χ3v) is 3.15. The summed E-state index contributed by atoms with van der Waals surface area (Å²) in [6.07, 6.45) is 0. The standard InChI is InChI=1S/C11H11NO2S/c1-2-15-7-12-10(13)8-5-3-4-6-9(8)11(12)14/h3-6H,2,7H2,1H3. The van der Waals surface area contributed by atoms with E-state index in [1.807, 2.05) is 6.92 Å². The second-order valence-corrected chi connectivity index (χ2v) is 4.45. The molecule has 0 unspecified atom stereocenters. The minimum atomic E-state index is -0.170. The van der Waals surface area contributed by atoms with Gasteiger partial charge >= 0.3 is 0 Å². The number of benzene rings is 1. The summed E-state index contributed by atoms with van der Waals surface area (Å²) >= 11 is 1.57. The quantitative estimate of drug-likeness (QED) is 0.732. The Morgan fingerprint density at radius 3 is 2.13 bits per heavy atom. The van der Waals surface area contributed by atoms with E-state index < -0.39 is 0 Å². The van der Waals surface area contributed by atoms with Gasteiger partial charge in [-0.2, -0.15) is 0 Å². The molecule has 4 heteroatoms. The van der Waals surface area contributed by atoms with Crippen LogP contribution in [0.15, 0.2) is 24.3 Å². The van der Waals surface area contributed by atoms with Gasteiger partial charge in [-0.3, -0.25) is 14.5 Å². The molecule has 2 rings (SSSR count). The maximum Gasteiger partial charge on any atom is 0.262 e. The molecule has 78 valence electrons. The third-order valence-electron chi connectivity index (χ3n) is 2.30. The Morgan fingerprint density at radius 2 is 1.67 bits per heavy atom.